The minimum absolute atomic E-state index is 0.0405. The second kappa shape index (κ2) is 8.63. The fourth-order valence-electron chi connectivity index (χ4n) is 2.53. The molecule has 2 aromatic carbocycles. The van der Waals surface area contributed by atoms with Gasteiger partial charge in [0.25, 0.3) is 0 Å². The van der Waals surface area contributed by atoms with Crippen molar-refractivity contribution in [2.75, 3.05) is 0 Å². The molecule has 2 rings (SSSR count). The van der Waals surface area contributed by atoms with Crippen LogP contribution in [0, 0.1) is 4.91 Å². The molecule has 0 fully saturated rings. The zero-order valence-corrected chi connectivity index (χ0v) is 16.4. The van der Waals surface area contributed by atoms with E-state index in [1.54, 1.807) is 6.07 Å². The number of halogens is 6. The van der Waals surface area contributed by atoms with Crippen molar-refractivity contribution < 1.29 is 31.1 Å². The Hall–Kier alpha value is -2.62. The van der Waals surface area contributed by atoms with Gasteiger partial charge in [0.05, 0.1) is 11.1 Å². The van der Waals surface area contributed by atoms with E-state index in [1.807, 2.05) is 20.8 Å². The molecule has 0 radical (unpaired) electrons. The molecule has 0 amide bonds. The van der Waals surface area contributed by atoms with E-state index in [0.717, 1.165) is 0 Å². The smallest absolute Gasteiger partial charge is 0.416 e. The van der Waals surface area contributed by atoms with E-state index in [0.29, 0.717) is 24.2 Å². The fraction of sp³-hybridized carbons (Fsp3) is 0.400. The summed E-state index contributed by atoms with van der Waals surface area (Å²) in [7, 11) is 0. The van der Waals surface area contributed by atoms with Crippen molar-refractivity contribution in [1.82, 2.24) is 5.32 Å². The lowest BCUT2D eigenvalue weighted by atomic mass is 10.0. The van der Waals surface area contributed by atoms with Gasteiger partial charge >= 0.3 is 12.4 Å². The van der Waals surface area contributed by atoms with Crippen molar-refractivity contribution in [1.29, 1.82) is 0 Å². The van der Waals surface area contributed by atoms with Gasteiger partial charge in [-0.15, -0.1) is 4.91 Å². The molecule has 0 aliphatic carbocycles. The van der Waals surface area contributed by atoms with Crippen molar-refractivity contribution >= 4 is 5.69 Å². The van der Waals surface area contributed by atoms with Crippen molar-refractivity contribution in [2.45, 2.75) is 51.8 Å². The Bertz CT molecular complexity index is 902. The summed E-state index contributed by atoms with van der Waals surface area (Å²) < 4.78 is 83.2. The standard InChI is InChI=1S/C20H20F6N2O2/c1-18(2,3)27-10-12-4-7-17(16(8-12)28-29)30-11-13-5-6-14(19(21,22)23)9-15(13)20(24,25)26/h4-9,27H,10-11H2,1-3H3. The number of nitrogens with one attached hydrogen (secondary N) is 1. The Morgan fingerprint density at radius 1 is 0.933 bits per heavy atom. The summed E-state index contributed by atoms with van der Waals surface area (Å²) in [5.41, 5.74) is -2.96. The van der Waals surface area contributed by atoms with Crippen LogP contribution in [-0.4, -0.2) is 5.54 Å². The van der Waals surface area contributed by atoms with E-state index in [9.17, 15) is 31.2 Å². The van der Waals surface area contributed by atoms with Crippen LogP contribution in [0.2, 0.25) is 0 Å². The number of rotatable bonds is 6. The van der Waals surface area contributed by atoms with Crippen molar-refractivity contribution in [3.05, 3.63) is 63.6 Å². The van der Waals surface area contributed by atoms with Gasteiger partial charge in [0.15, 0.2) is 0 Å². The Morgan fingerprint density at radius 2 is 1.60 bits per heavy atom. The summed E-state index contributed by atoms with van der Waals surface area (Å²) in [6.07, 6.45) is -9.92. The predicted octanol–water partition coefficient (Wildman–Crippen LogP) is 6.59. The van der Waals surface area contributed by atoms with Gasteiger partial charge in [-0.2, -0.15) is 26.3 Å². The van der Waals surface area contributed by atoms with E-state index in [4.69, 9.17) is 4.74 Å². The van der Waals surface area contributed by atoms with Crippen LogP contribution in [0.15, 0.2) is 41.6 Å². The van der Waals surface area contributed by atoms with Crippen molar-refractivity contribution in [2.24, 2.45) is 5.18 Å². The molecule has 30 heavy (non-hydrogen) atoms. The quantitative estimate of drug-likeness (QED) is 0.412. The molecule has 164 valence electrons. The predicted molar refractivity (Wildman–Crippen MR) is 99.3 cm³/mol. The van der Waals surface area contributed by atoms with E-state index in [-0.39, 0.29) is 23.0 Å². The highest BCUT2D eigenvalue weighted by Crippen LogP contribution is 2.38. The van der Waals surface area contributed by atoms with Crippen LogP contribution in [0.25, 0.3) is 0 Å². The van der Waals surface area contributed by atoms with Crippen LogP contribution in [-0.2, 0) is 25.5 Å². The fourth-order valence-corrected chi connectivity index (χ4v) is 2.53. The Kier molecular flexibility index (Phi) is 6.80. The summed E-state index contributed by atoms with van der Waals surface area (Å²) in [6, 6.07) is 5.72. The lowest BCUT2D eigenvalue weighted by molar-refractivity contribution is -0.143. The summed E-state index contributed by atoms with van der Waals surface area (Å²) in [5, 5.41) is 6.04. The SMILES string of the molecule is CC(C)(C)NCc1ccc(OCc2ccc(C(F)(F)F)cc2C(F)(F)F)c(N=O)c1. The van der Waals surface area contributed by atoms with E-state index in [1.165, 1.54) is 12.1 Å². The number of hydrogen-bond donors (Lipinski definition) is 1. The highest BCUT2D eigenvalue weighted by Gasteiger charge is 2.38. The van der Waals surface area contributed by atoms with Gasteiger partial charge in [0.2, 0.25) is 0 Å². The molecule has 1 N–H and O–H groups in total. The van der Waals surface area contributed by atoms with Crippen LogP contribution in [0.5, 0.6) is 5.75 Å². The number of nitrogens with zero attached hydrogens (tertiary/aromatic N) is 1. The lowest BCUT2D eigenvalue weighted by Crippen LogP contribution is -2.35. The Labute approximate surface area is 169 Å². The van der Waals surface area contributed by atoms with Crippen LogP contribution in [0.3, 0.4) is 0 Å². The monoisotopic (exact) mass is 434 g/mol. The van der Waals surface area contributed by atoms with Crippen molar-refractivity contribution in [3.8, 4) is 5.75 Å². The highest BCUT2D eigenvalue weighted by molar-refractivity contribution is 5.53. The first-order valence-electron chi connectivity index (χ1n) is 8.82. The highest BCUT2D eigenvalue weighted by atomic mass is 19.4. The average molecular weight is 434 g/mol. The second-order valence-electron chi connectivity index (χ2n) is 7.65. The maximum Gasteiger partial charge on any atom is 0.416 e. The number of ether oxygens (including phenoxy) is 1. The van der Waals surface area contributed by atoms with Crippen molar-refractivity contribution in [3.63, 3.8) is 0 Å². The molecule has 0 heterocycles. The van der Waals surface area contributed by atoms with E-state index >= 15 is 0 Å². The first-order valence-corrected chi connectivity index (χ1v) is 8.82. The van der Waals surface area contributed by atoms with Crippen LogP contribution in [0.4, 0.5) is 32.0 Å². The molecular formula is C20H20F6N2O2. The first-order chi connectivity index (χ1) is 13.7. The van der Waals surface area contributed by atoms with Gasteiger partial charge in [-0.05, 0) is 55.8 Å². The maximum absolute atomic E-state index is 13.2. The number of benzene rings is 2. The zero-order valence-electron chi connectivity index (χ0n) is 16.4. The molecule has 0 atom stereocenters. The van der Waals surface area contributed by atoms with Gasteiger partial charge in [-0.25, -0.2) is 0 Å². The van der Waals surface area contributed by atoms with Gasteiger partial charge in [0.1, 0.15) is 18.0 Å². The minimum atomic E-state index is -5.01. The average Bonchev–Trinajstić information content (AvgIpc) is 2.62. The van der Waals surface area contributed by atoms with Gasteiger partial charge in [-0.3, -0.25) is 0 Å². The third kappa shape index (κ3) is 6.45. The first kappa shape index (κ1) is 23.7. The molecule has 10 heteroatoms. The Balaban J connectivity index is 2.25. The summed E-state index contributed by atoms with van der Waals surface area (Å²) in [5.74, 6) is -0.0717. The van der Waals surface area contributed by atoms with Crippen LogP contribution < -0.4 is 10.1 Å². The van der Waals surface area contributed by atoms with E-state index in [2.05, 4.69) is 10.5 Å². The largest absolute Gasteiger partial charge is 0.486 e. The molecular weight excluding hydrogens is 414 g/mol. The molecule has 0 bridgehead atoms. The lowest BCUT2D eigenvalue weighted by Gasteiger charge is -2.21. The number of nitroso groups, excluding NO2 is 1. The molecule has 0 unspecified atom stereocenters. The van der Waals surface area contributed by atoms with Gasteiger partial charge < -0.3 is 10.1 Å². The molecule has 0 saturated heterocycles. The molecule has 4 nitrogen and oxygen atoms in total. The normalized spacial score (nSPS) is 12.7. The third-order valence-corrected chi connectivity index (χ3v) is 4.07. The topological polar surface area (TPSA) is 50.7 Å². The summed E-state index contributed by atoms with van der Waals surface area (Å²) >= 11 is 0. The number of alkyl halides is 6. The second-order valence-corrected chi connectivity index (χ2v) is 7.65. The zero-order chi connectivity index (χ0) is 22.7. The summed E-state index contributed by atoms with van der Waals surface area (Å²) in [4.78, 5) is 11.1. The maximum atomic E-state index is 13.2. The summed E-state index contributed by atoms with van der Waals surface area (Å²) in [6.45, 7) is 5.58. The molecule has 0 aromatic heterocycles. The third-order valence-electron chi connectivity index (χ3n) is 4.07. The number of hydrogen-bond acceptors (Lipinski definition) is 4. The van der Waals surface area contributed by atoms with Crippen LogP contribution >= 0.6 is 0 Å². The molecule has 2 aromatic rings. The molecule has 0 spiro atoms. The van der Waals surface area contributed by atoms with Gasteiger partial charge in [-0.1, -0.05) is 12.1 Å². The molecule has 0 aliphatic heterocycles. The Morgan fingerprint density at radius 3 is 2.13 bits per heavy atom. The van der Waals surface area contributed by atoms with E-state index < -0.39 is 35.6 Å². The molecule has 0 saturated carbocycles. The van der Waals surface area contributed by atoms with Crippen LogP contribution in [0.1, 0.15) is 43.0 Å². The van der Waals surface area contributed by atoms with Gasteiger partial charge in [0, 0.05) is 17.6 Å². The molecule has 0 aliphatic rings. The minimum Gasteiger partial charge on any atom is -0.486 e.